The number of carbonyl (C=O) groups is 1. The van der Waals surface area contributed by atoms with E-state index < -0.39 is 5.54 Å². The summed E-state index contributed by atoms with van der Waals surface area (Å²) in [5.74, 6) is 0.619. The van der Waals surface area contributed by atoms with Crippen molar-refractivity contribution in [1.29, 1.82) is 0 Å². The minimum Gasteiger partial charge on any atom is -0.368 e. The van der Waals surface area contributed by atoms with Crippen LogP contribution in [0.5, 0.6) is 0 Å². The third-order valence-corrected chi connectivity index (χ3v) is 5.71. The molecule has 0 heterocycles. The molecule has 1 aromatic carbocycles. The first-order valence-corrected chi connectivity index (χ1v) is 8.34. The van der Waals surface area contributed by atoms with Crippen molar-refractivity contribution < 1.29 is 4.79 Å². The van der Waals surface area contributed by atoms with E-state index in [2.05, 4.69) is 0 Å². The number of nitrogens with two attached hydrogens (primary N) is 2. The van der Waals surface area contributed by atoms with E-state index in [0.29, 0.717) is 16.5 Å². The Balaban J connectivity index is 1.93. The van der Waals surface area contributed by atoms with Crippen molar-refractivity contribution in [1.82, 2.24) is 0 Å². The molecule has 0 aromatic heterocycles. The smallest absolute Gasteiger partial charge is 0.237 e. The molecule has 2 unspecified atom stereocenters. The van der Waals surface area contributed by atoms with Crippen LogP contribution in [0.3, 0.4) is 0 Å². The van der Waals surface area contributed by atoms with E-state index in [-0.39, 0.29) is 11.8 Å². The van der Waals surface area contributed by atoms with Crippen LogP contribution in [0.1, 0.15) is 25.7 Å². The van der Waals surface area contributed by atoms with Crippen molar-refractivity contribution >= 4 is 40.9 Å². The van der Waals surface area contributed by atoms with Gasteiger partial charge in [-0.25, -0.2) is 0 Å². The molecule has 20 heavy (non-hydrogen) atoms. The fourth-order valence-corrected chi connectivity index (χ4v) is 4.28. The zero-order chi connectivity index (χ0) is 14.8. The second kappa shape index (κ2) is 6.56. The molecule has 1 aliphatic carbocycles. The number of carbonyl (C=O) groups excluding carboxylic acids is 1. The van der Waals surface area contributed by atoms with Gasteiger partial charge in [0.15, 0.2) is 0 Å². The van der Waals surface area contributed by atoms with Gasteiger partial charge in [-0.05, 0) is 49.1 Å². The molecule has 0 spiro atoms. The average molecular weight is 333 g/mol. The molecule has 0 aliphatic heterocycles. The van der Waals surface area contributed by atoms with Crippen molar-refractivity contribution in [2.24, 2.45) is 17.4 Å². The summed E-state index contributed by atoms with van der Waals surface area (Å²) < 4.78 is 0. The van der Waals surface area contributed by atoms with Gasteiger partial charge in [0, 0.05) is 9.92 Å². The normalized spacial score (nSPS) is 25.9. The van der Waals surface area contributed by atoms with Gasteiger partial charge in [0.1, 0.15) is 0 Å². The Morgan fingerprint density at radius 3 is 2.90 bits per heavy atom. The molecule has 3 nitrogen and oxygen atoms in total. The van der Waals surface area contributed by atoms with Crippen LogP contribution in [0, 0.1) is 5.92 Å². The molecule has 0 radical (unpaired) electrons. The minimum absolute atomic E-state index is 0.158. The summed E-state index contributed by atoms with van der Waals surface area (Å²) in [6.07, 6.45) is 3.47. The first kappa shape index (κ1) is 16.0. The maximum absolute atomic E-state index is 11.5. The summed E-state index contributed by atoms with van der Waals surface area (Å²) in [6.45, 7) is 0. The predicted molar refractivity (Wildman–Crippen MR) is 85.3 cm³/mol. The SMILES string of the molecule is NC(=O)C1(N)CCCC1CCSc1cc(Cl)ccc1Cl. The average Bonchev–Trinajstić information content (AvgIpc) is 2.77. The number of rotatable bonds is 5. The van der Waals surface area contributed by atoms with Gasteiger partial charge in [0.2, 0.25) is 5.91 Å². The number of amides is 1. The van der Waals surface area contributed by atoms with Gasteiger partial charge in [-0.15, -0.1) is 11.8 Å². The Kier molecular flexibility index (Phi) is 5.24. The largest absolute Gasteiger partial charge is 0.368 e. The second-order valence-electron chi connectivity index (χ2n) is 5.21. The Hall–Kier alpha value is -0.420. The monoisotopic (exact) mass is 332 g/mol. The number of thioether (sulfide) groups is 1. The van der Waals surface area contributed by atoms with E-state index in [1.807, 2.05) is 6.07 Å². The topological polar surface area (TPSA) is 69.1 Å². The first-order valence-electron chi connectivity index (χ1n) is 6.60. The number of benzene rings is 1. The molecule has 1 fully saturated rings. The molecule has 2 rings (SSSR count). The molecule has 1 aromatic rings. The highest BCUT2D eigenvalue weighted by molar-refractivity contribution is 7.99. The van der Waals surface area contributed by atoms with Gasteiger partial charge in [0.05, 0.1) is 10.6 Å². The molecule has 4 N–H and O–H groups in total. The second-order valence-corrected chi connectivity index (χ2v) is 7.19. The van der Waals surface area contributed by atoms with Crippen LogP contribution in [0.4, 0.5) is 0 Å². The summed E-state index contributed by atoms with van der Waals surface area (Å²) in [5, 5.41) is 1.36. The van der Waals surface area contributed by atoms with Crippen molar-refractivity contribution in [2.45, 2.75) is 36.1 Å². The van der Waals surface area contributed by atoms with Crippen molar-refractivity contribution in [2.75, 3.05) is 5.75 Å². The van der Waals surface area contributed by atoms with Crippen LogP contribution in [-0.4, -0.2) is 17.2 Å². The van der Waals surface area contributed by atoms with Crippen molar-refractivity contribution in [3.63, 3.8) is 0 Å². The fraction of sp³-hybridized carbons (Fsp3) is 0.500. The quantitative estimate of drug-likeness (QED) is 0.811. The predicted octanol–water partition coefficient (Wildman–Crippen LogP) is 3.46. The molecule has 6 heteroatoms. The lowest BCUT2D eigenvalue weighted by Gasteiger charge is -2.27. The summed E-state index contributed by atoms with van der Waals surface area (Å²) >= 11 is 13.7. The van der Waals surface area contributed by atoms with Gasteiger partial charge < -0.3 is 11.5 Å². The maximum Gasteiger partial charge on any atom is 0.237 e. The summed E-state index contributed by atoms with van der Waals surface area (Å²) in [7, 11) is 0. The molecule has 1 aliphatic rings. The maximum atomic E-state index is 11.5. The lowest BCUT2D eigenvalue weighted by Crippen LogP contribution is -2.54. The highest BCUT2D eigenvalue weighted by Gasteiger charge is 2.43. The van der Waals surface area contributed by atoms with Crippen molar-refractivity contribution in [3.05, 3.63) is 28.2 Å². The van der Waals surface area contributed by atoms with Gasteiger partial charge in [-0.2, -0.15) is 0 Å². The third-order valence-electron chi connectivity index (χ3n) is 3.95. The minimum atomic E-state index is -0.835. The number of halogens is 2. The molecule has 110 valence electrons. The van der Waals surface area contributed by atoms with Gasteiger partial charge in [0.25, 0.3) is 0 Å². The summed E-state index contributed by atoms with van der Waals surface area (Å²) in [6, 6.07) is 5.41. The zero-order valence-corrected chi connectivity index (χ0v) is 13.4. The fourth-order valence-electron chi connectivity index (χ4n) is 2.73. The Bertz CT molecular complexity index is 512. The molecule has 1 amide bonds. The molecule has 0 bridgehead atoms. The van der Waals surface area contributed by atoms with Crippen LogP contribution in [0.15, 0.2) is 23.1 Å². The van der Waals surface area contributed by atoms with E-state index in [0.717, 1.165) is 29.9 Å². The molecule has 1 saturated carbocycles. The lowest BCUT2D eigenvalue weighted by molar-refractivity contribution is -0.124. The first-order chi connectivity index (χ1) is 9.43. The molecular formula is C14H18Cl2N2OS. The zero-order valence-electron chi connectivity index (χ0n) is 11.1. The highest BCUT2D eigenvalue weighted by atomic mass is 35.5. The van der Waals surface area contributed by atoms with Gasteiger partial charge in [-0.3, -0.25) is 4.79 Å². The molecule has 0 saturated heterocycles. The van der Waals surface area contributed by atoms with E-state index in [1.54, 1.807) is 23.9 Å². The van der Waals surface area contributed by atoms with E-state index in [9.17, 15) is 4.79 Å². The Labute approximate surface area is 133 Å². The van der Waals surface area contributed by atoms with Crippen LogP contribution in [-0.2, 0) is 4.79 Å². The van der Waals surface area contributed by atoms with E-state index in [1.165, 1.54) is 0 Å². The summed E-state index contributed by atoms with van der Waals surface area (Å²) in [5.41, 5.74) is 10.8. The Morgan fingerprint density at radius 2 is 2.20 bits per heavy atom. The van der Waals surface area contributed by atoms with E-state index in [4.69, 9.17) is 34.7 Å². The molecule has 2 atom stereocenters. The van der Waals surface area contributed by atoms with Crippen LogP contribution >= 0.6 is 35.0 Å². The lowest BCUT2D eigenvalue weighted by atomic mass is 9.85. The number of hydrogen-bond donors (Lipinski definition) is 2. The van der Waals surface area contributed by atoms with Crippen LogP contribution in [0.2, 0.25) is 10.0 Å². The Morgan fingerprint density at radius 1 is 1.45 bits per heavy atom. The molecular weight excluding hydrogens is 315 g/mol. The highest BCUT2D eigenvalue weighted by Crippen LogP contribution is 2.38. The van der Waals surface area contributed by atoms with Crippen LogP contribution < -0.4 is 11.5 Å². The van der Waals surface area contributed by atoms with Gasteiger partial charge in [-0.1, -0.05) is 29.6 Å². The number of primary amides is 1. The van der Waals surface area contributed by atoms with Crippen molar-refractivity contribution in [3.8, 4) is 0 Å². The van der Waals surface area contributed by atoms with Crippen LogP contribution in [0.25, 0.3) is 0 Å². The number of hydrogen-bond acceptors (Lipinski definition) is 3. The standard InChI is InChI=1S/C14H18Cl2N2OS/c15-10-3-4-11(16)12(8-10)20-7-5-9-2-1-6-14(9,18)13(17)19/h3-4,8-9H,1-2,5-7,18H2,(H2,17,19). The summed E-state index contributed by atoms with van der Waals surface area (Å²) in [4.78, 5) is 12.5. The van der Waals surface area contributed by atoms with E-state index >= 15 is 0 Å². The van der Waals surface area contributed by atoms with Gasteiger partial charge >= 0.3 is 0 Å². The third kappa shape index (κ3) is 3.42.